The summed E-state index contributed by atoms with van der Waals surface area (Å²) in [6, 6.07) is 8.04. The van der Waals surface area contributed by atoms with E-state index in [1.165, 1.54) is 0 Å². The Bertz CT molecular complexity index is 689. The van der Waals surface area contributed by atoms with Crippen LogP contribution in [0.3, 0.4) is 0 Å². The zero-order chi connectivity index (χ0) is 14.8. The number of nitrogens with one attached hydrogen (secondary N) is 1. The molecule has 0 saturated carbocycles. The predicted octanol–water partition coefficient (Wildman–Crippen LogP) is 1.33. The number of nitrogens with zero attached hydrogens (tertiary/aromatic N) is 2. The van der Waals surface area contributed by atoms with Crippen molar-refractivity contribution in [3.05, 3.63) is 40.3 Å². The number of hydrogen-bond acceptors (Lipinski definition) is 4. The maximum atomic E-state index is 12.5. The Hall–Kier alpha value is -1.72. The fourth-order valence-corrected chi connectivity index (χ4v) is 3.04. The first kappa shape index (κ1) is 14.2. The normalized spacial score (nSPS) is 20.0. The summed E-state index contributed by atoms with van der Waals surface area (Å²) in [5, 5.41) is 3.34. The van der Waals surface area contributed by atoms with Crippen LogP contribution in [0.2, 0.25) is 0 Å². The van der Waals surface area contributed by atoms with Crippen LogP contribution in [-0.2, 0) is 11.3 Å². The summed E-state index contributed by atoms with van der Waals surface area (Å²) in [6.07, 6.45) is 1.04. The quantitative estimate of drug-likeness (QED) is 0.921. The Morgan fingerprint density at radius 2 is 2.29 bits per heavy atom. The van der Waals surface area contributed by atoms with E-state index in [1.54, 1.807) is 6.92 Å². The van der Waals surface area contributed by atoms with Crippen molar-refractivity contribution < 1.29 is 4.74 Å². The first-order valence-electron chi connectivity index (χ1n) is 7.42. The summed E-state index contributed by atoms with van der Waals surface area (Å²) in [7, 11) is 1.95. The minimum absolute atomic E-state index is 0.00661. The Morgan fingerprint density at radius 3 is 3.00 bits per heavy atom. The molecular weight excluding hydrogens is 266 g/mol. The van der Waals surface area contributed by atoms with Crippen LogP contribution in [0.5, 0.6) is 0 Å². The minimum atomic E-state index is -0.00661. The van der Waals surface area contributed by atoms with Crippen molar-refractivity contribution in [3.63, 3.8) is 0 Å². The van der Waals surface area contributed by atoms with E-state index in [2.05, 4.69) is 10.3 Å². The standard InChI is InChI=1S/C16H21N3O2/c1-11-16(20)19(15-6-4-3-5-13(15)18-11)9-14(17-2)12-7-8-21-10-12/h3-6,12,14,17H,7-10H2,1-2H3. The number of hydrogen-bond donors (Lipinski definition) is 1. The number of ether oxygens (including phenoxy) is 1. The van der Waals surface area contributed by atoms with E-state index in [0.29, 0.717) is 18.2 Å². The molecule has 21 heavy (non-hydrogen) atoms. The van der Waals surface area contributed by atoms with Gasteiger partial charge in [0.25, 0.3) is 5.56 Å². The molecule has 112 valence electrons. The molecule has 1 saturated heterocycles. The second-order valence-electron chi connectivity index (χ2n) is 5.62. The van der Waals surface area contributed by atoms with Gasteiger partial charge in [0.15, 0.2) is 0 Å². The molecular formula is C16H21N3O2. The summed E-state index contributed by atoms with van der Waals surface area (Å²) in [6.45, 7) is 4.00. The number of aromatic nitrogens is 2. The van der Waals surface area contributed by atoms with Crippen LogP contribution >= 0.6 is 0 Å². The van der Waals surface area contributed by atoms with Crippen LogP contribution < -0.4 is 10.9 Å². The number of aryl methyl sites for hydroxylation is 1. The van der Waals surface area contributed by atoms with Crippen LogP contribution in [0.25, 0.3) is 11.0 Å². The van der Waals surface area contributed by atoms with Gasteiger partial charge in [-0.25, -0.2) is 4.98 Å². The van der Waals surface area contributed by atoms with Crippen molar-refractivity contribution in [1.82, 2.24) is 14.9 Å². The number of rotatable bonds is 4. The topological polar surface area (TPSA) is 56.2 Å². The molecule has 0 bridgehead atoms. The molecule has 2 atom stereocenters. The number of benzene rings is 1. The number of likely N-dealkylation sites (N-methyl/N-ethyl adjacent to an activating group) is 1. The van der Waals surface area contributed by atoms with Crippen LogP contribution in [-0.4, -0.2) is 35.9 Å². The Kier molecular flexibility index (Phi) is 4.03. The minimum Gasteiger partial charge on any atom is -0.381 e. The predicted molar refractivity (Wildman–Crippen MR) is 82.5 cm³/mol. The zero-order valence-corrected chi connectivity index (χ0v) is 12.5. The van der Waals surface area contributed by atoms with E-state index < -0.39 is 0 Å². The van der Waals surface area contributed by atoms with Crippen molar-refractivity contribution in [1.29, 1.82) is 0 Å². The molecule has 1 aliphatic rings. The maximum absolute atomic E-state index is 12.5. The molecule has 0 aliphatic carbocycles. The lowest BCUT2D eigenvalue weighted by Gasteiger charge is -2.23. The third-order valence-corrected chi connectivity index (χ3v) is 4.30. The summed E-state index contributed by atoms with van der Waals surface area (Å²) in [5.74, 6) is 0.453. The van der Waals surface area contributed by atoms with E-state index >= 15 is 0 Å². The summed E-state index contributed by atoms with van der Waals surface area (Å²) in [5.41, 5.74) is 2.30. The average Bonchev–Trinajstić information content (AvgIpc) is 3.02. The Balaban J connectivity index is 2.02. The third-order valence-electron chi connectivity index (χ3n) is 4.30. The van der Waals surface area contributed by atoms with Crippen molar-refractivity contribution in [3.8, 4) is 0 Å². The molecule has 2 heterocycles. The molecule has 1 fully saturated rings. The monoisotopic (exact) mass is 287 g/mol. The van der Waals surface area contributed by atoms with Crippen LogP contribution in [0.15, 0.2) is 29.1 Å². The molecule has 5 heteroatoms. The van der Waals surface area contributed by atoms with Gasteiger partial charge in [-0.1, -0.05) is 12.1 Å². The van der Waals surface area contributed by atoms with E-state index in [0.717, 1.165) is 30.7 Å². The molecule has 1 N–H and O–H groups in total. The molecule has 5 nitrogen and oxygen atoms in total. The van der Waals surface area contributed by atoms with Gasteiger partial charge in [-0.05, 0) is 32.5 Å². The lowest BCUT2D eigenvalue weighted by Crippen LogP contribution is -2.41. The molecule has 0 amide bonds. The average molecular weight is 287 g/mol. The van der Waals surface area contributed by atoms with Gasteiger partial charge in [-0.2, -0.15) is 0 Å². The highest BCUT2D eigenvalue weighted by molar-refractivity contribution is 5.74. The van der Waals surface area contributed by atoms with Crippen LogP contribution in [0.4, 0.5) is 0 Å². The molecule has 3 rings (SSSR count). The highest BCUT2D eigenvalue weighted by atomic mass is 16.5. The molecule has 0 spiro atoms. The van der Waals surface area contributed by atoms with E-state index in [9.17, 15) is 4.79 Å². The third kappa shape index (κ3) is 2.71. The number of para-hydroxylation sites is 2. The largest absolute Gasteiger partial charge is 0.381 e. The molecule has 2 aromatic rings. The summed E-state index contributed by atoms with van der Waals surface area (Å²) in [4.78, 5) is 16.9. The highest BCUT2D eigenvalue weighted by Gasteiger charge is 2.25. The van der Waals surface area contributed by atoms with Gasteiger partial charge in [-0.15, -0.1) is 0 Å². The molecule has 1 aromatic heterocycles. The maximum Gasteiger partial charge on any atom is 0.272 e. The lowest BCUT2D eigenvalue weighted by molar-refractivity contribution is 0.175. The van der Waals surface area contributed by atoms with Gasteiger partial charge in [0.1, 0.15) is 5.69 Å². The molecule has 2 unspecified atom stereocenters. The lowest BCUT2D eigenvalue weighted by atomic mass is 9.99. The van der Waals surface area contributed by atoms with Crippen LogP contribution in [0.1, 0.15) is 12.1 Å². The fraction of sp³-hybridized carbons (Fsp3) is 0.500. The number of fused-ring (bicyclic) bond motifs is 1. The summed E-state index contributed by atoms with van der Waals surface area (Å²) < 4.78 is 7.32. The van der Waals surface area contributed by atoms with Gasteiger partial charge < -0.3 is 14.6 Å². The fourth-order valence-electron chi connectivity index (χ4n) is 3.04. The Morgan fingerprint density at radius 1 is 1.48 bits per heavy atom. The van der Waals surface area contributed by atoms with Crippen molar-refractivity contribution in [2.24, 2.45) is 5.92 Å². The molecule has 1 aromatic carbocycles. The van der Waals surface area contributed by atoms with Gasteiger partial charge in [0, 0.05) is 25.1 Å². The molecule has 0 radical (unpaired) electrons. The molecule has 1 aliphatic heterocycles. The van der Waals surface area contributed by atoms with Crippen molar-refractivity contribution in [2.45, 2.75) is 25.9 Å². The van der Waals surface area contributed by atoms with Gasteiger partial charge in [0.05, 0.1) is 17.6 Å². The van der Waals surface area contributed by atoms with E-state index in [1.807, 2.05) is 35.9 Å². The van der Waals surface area contributed by atoms with Gasteiger partial charge in [-0.3, -0.25) is 4.79 Å². The second-order valence-corrected chi connectivity index (χ2v) is 5.62. The van der Waals surface area contributed by atoms with Crippen molar-refractivity contribution >= 4 is 11.0 Å². The van der Waals surface area contributed by atoms with E-state index in [-0.39, 0.29) is 11.6 Å². The van der Waals surface area contributed by atoms with Gasteiger partial charge in [0.2, 0.25) is 0 Å². The highest BCUT2D eigenvalue weighted by Crippen LogP contribution is 2.19. The zero-order valence-electron chi connectivity index (χ0n) is 12.5. The van der Waals surface area contributed by atoms with Crippen molar-refractivity contribution in [2.75, 3.05) is 20.3 Å². The first-order valence-corrected chi connectivity index (χ1v) is 7.42. The second kappa shape index (κ2) is 5.95. The Labute approximate surface area is 124 Å². The SMILES string of the molecule is CNC(Cn1c(=O)c(C)nc2ccccc21)C1CCOC1. The van der Waals surface area contributed by atoms with Gasteiger partial charge >= 0.3 is 0 Å². The first-order chi connectivity index (χ1) is 10.2. The van der Waals surface area contributed by atoms with E-state index in [4.69, 9.17) is 4.74 Å². The van der Waals surface area contributed by atoms with Crippen LogP contribution in [0, 0.1) is 12.8 Å². The smallest absolute Gasteiger partial charge is 0.272 e. The summed E-state index contributed by atoms with van der Waals surface area (Å²) >= 11 is 0.